The van der Waals surface area contributed by atoms with E-state index in [0.29, 0.717) is 6.42 Å². The fraction of sp³-hybridized carbons (Fsp3) is 0.500. The largest absolute Gasteiger partial charge is 0.294 e. The summed E-state index contributed by atoms with van der Waals surface area (Å²) in [5.74, 6) is 0.288. The topological polar surface area (TPSA) is 17.1 Å². The monoisotopic (exact) mass is 282 g/mol. The lowest BCUT2D eigenvalue weighted by Crippen LogP contribution is -2.05. The van der Waals surface area contributed by atoms with Gasteiger partial charge >= 0.3 is 0 Å². The van der Waals surface area contributed by atoms with Gasteiger partial charge in [0.05, 0.1) is 0 Å². The highest BCUT2D eigenvalue weighted by Gasteiger charge is 2.11. The molecule has 0 saturated carbocycles. The maximum Gasteiger partial charge on any atom is 0.163 e. The molecule has 0 aliphatic carbocycles. The summed E-state index contributed by atoms with van der Waals surface area (Å²) < 4.78 is 0. The number of carbonyl (C=O) groups is 1. The molecule has 0 N–H and O–H groups in total. The molecule has 0 spiro atoms. The molecule has 0 aromatic heterocycles. The summed E-state index contributed by atoms with van der Waals surface area (Å²) in [6, 6.07) is 4.18. The van der Waals surface area contributed by atoms with Gasteiger partial charge in [-0.2, -0.15) is 0 Å². The highest BCUT2D eigenvalue weighted by atomic mass is 79.9. The molecule has 1 rings (SSSR count). The average molecular weight is 283 g/mol. The summed E-state index contributed by atoms with van der Waals surface area (Å²) in [4.78, 5) is 12.1. The molecule has 2 heteroatoms. The molecule has 0 unspecified atom stereocenters. The fourth-order valence-corrected chi connectivity index (χ4v) is 2.52. The number of benzene rings is 1. The number of halogens is 1. The third-order valence-corrected chi connectivity index (χ3v) is 3.30. The van der Waals surface area contributed by atoms with Crippen LogP contribution in [0.2, 0.25) is 0 Å². The lowest BCUT2D eigenvalue weighted by Gasteiger charge is -2.10. The Morgan fingerprint density at radius 2 is 1.69 bits per heavy atom. The molecule has 1 aromatic rings. The zero-order chi connectivity index (χ0) is 12.1. The predicted octanol–water partition coefficient (Wildman–Crippen LogP) is 4.36. The summed E-state index contributed by atoms with van der Waals surface area (Å²) >= 11 is 3.38. The van der Waals surface area contributed by atoms with Crippen molar-refractivity contribution in [1.29, 1.82) is 0 Å². The van der Waals surface area contributed by atoms with Crippen molar-refractivity contribution in [2.24, 2.45) is 0 Å². The van der Waals surface area contributed by atoms with E-state index in [0.717, 1.165) is 34.9 Å². The third-order valence-electron chi connectivity index (χ3n) is 2.74. The van der Waals surface area contributed by atoms with E-state index in [1.54, 1.807) is 0 Å². The number of alkyl halides is 1. The molecule has 0 aliphatic rings. The molecule has 0 saturated heterocycles. The van der Waals surface area contributed by atoms with E-state index in [1.807, 2.05) is 13.8 Å². The van der Waals surface area contributed by atoms with Crippen molar-refractivity contribution in [3.05, 3.63) is 34.4 Å². The van der Waals surface area contributed by atoms with Crippen molar-refractivity contribution in [2.75, 3.05) is 5.33 Å². The van der Waals surface area contributed by atoms with Crippen molar-refractivity contribution in [1.82, 2.24) is 0 Å². The summed E-state index contributed by atoms with van der Waals surface area (Å²) in [5.41, 5.74) is 4.38. The second-order valence-corrected chi connectivity index (χ2v) is 5.14. The lowest BCUT2D eigenvalue weighted by molar-refractivity contribution is 0.0979. The molecule has 0 fully saturated rings. The first-order valence-corrected chi connectivity index (χ1v) is 6.85. The number of Topliss-reactive ketones (excluding diaryl/α,β-unsaturated/α-hetero) is 1. The lowest BCUT2D eigenvalue weighted by atomic mass is 9.94. The van der Waals surface area contributed by atoms with Crippen LogP contribution in [-0.4, -0.2) is 11.1 Å². The van der Waals surface area contributed by atoms with E-state index in [4.69, 9.17) is 0 Å². The zero-order valence-corrected chi connectivity index (χ0v) is 11.9. The molecular formula is C14H19BrO. The first-order valence-electron chi connectivity index (χ1n) is 5.73. The summed E-state index contributed by atoms with van der Waals surface area (Å²) in [6.45, 7) is 6.12. The van der Waals surface area contributed by atoms with Crippen LogP contribution in [0.3, 0.4) is 0 Å². The van der Waals surface area contributed by atoms with Crippen LogP contribution in [0.5, 0.6) is 0 Å². The summed E-state index contributed by atoms with van der Waals surface area (Å²) in [7, 11) is 0. The van der Waals surface area contributed by atoms with Crippen LogP contribution in [0.15, 0.2) is 12.1 Å². The Bertz CT molecular complexity index is 359. The van der Waals surface area contributed by atoms with E-state index >= 15 is 0 Å². The molecule has 0 radical (unpaired) electrons. The van der Waals surface area contributed by atoms with Crippen LogP contribution in [0.4, 0.5) is 0 Å². The normalized spacial score (nSPS) is 10.5. The highest BCUT2D eigenvalue weighted by molar-refractivity contribution is 9.09. The Morgan fingerprint density at radius 1 is 1.12 bits per heavy atom. The van der Waals surface area contributed by atoms with Crippen LogP contribution in [0, 0.1) is 20.8 Å². The summed E-state index contributed by atoms with van der Waals surface area (Å²) in [5, 5.41) is 0.978. The van der Waals surface area contributed by atoms with Crippen molar-refractivity contribution < 1.29 is 4.79 Å². The van der Waals surface area contributed by atoms with Gasteiger partial charge in [-0.25, -0.2) is 0 Å². The number of aryl methyl sites for hydroxylation is 3. The van der Waals surface area contributed by atoms with Gasteiger partial charge < -0.3 is 0 Å². The Hall–Kier alpha value is -0.630. The molecule has 0 bridgehead atoms. The minimum absolute atomic E-state index is 0.288. The van der Waals surface area contributed by atoms with Gasteiger partial charge in [0, 0.05) is 17.3 Å². The molecule has 0 amide bonds. The molecule has 1 aromatic carbocycles. The molecule has 16 heavy (non-hydrogen) atoms. The second-order valence-electron chi connectivity index (χ2n) is 4.34. The van der Waals surface area contributed by atoms with Gasteiger partial charge in [0.2, 0.25) is 0 Å². The van der Waals surface area contributed by atoms with Crippen molar-refractivity contribution in [2.45, 2.75) is 40.0 Å². The highest BCUT2D eigenvalue weighted by Crippen LogP contribution is 2.19. The number of unbranched alkanes of at least 4 members (excludes halogenated alkanes) is 1. The minimum atomic E-state index is 0.288. The Morgan fingerprint density at radius 3 is 2.19 bits per heavy atom. The van der Waals surface area contributed by atoms with E-state index in [-0.39, 0.29) is 5.78 Å². The van der Waals surface area contributed by atoms with Crippen LogP contribution < -0.4 is 0 Å². The Kier molecular flexibility index (Phi) is 5.20. The van der Waals surface area contributed by atoms with E-state index in [2.05, 4.69) is 35.0 Å². The number of hydrogen-bond acceptors (Lipinski definition) is 1. The fourth-order valence-electron chi connectivity index (χ4n) is 2.12. The average Bonchev–Trinajstić information content (AvgIpc) is 2.16. The Balaban J connectivity index is 2.83. The van der Waals surface area contributed by atoms with E-state index in [9.17, 15) is 4.79 Å². The molecule has 0 heterocycles. The summed E-state index contributed by atoms with van der Waals surface area (Å²) in [6.07, 6.45) is 2.70. The van der Waals surface area contributed by atoms with Gasteiger partial charge in [0.15, 0.2) is 5.78 Å². The number of ketones is 1. The first kappa shape index (κ1) is 13.4. The maximum atomic E-state index is 12.1. The van der Waals surface area contributed by atoms with Crippen molar-refractivity contribution in [3.8, 4) is 0 Å². The number of carbonyl (C=O) groups excluding carboxylic acids is 1. The first-order chi connectivity index (χ1) is 7.56. The maximum absolute atomic E-state index is 12.1. The van der Waals surface area contributed by atoms with Crippen LogP contribution in [0.1, 0.15) is 46.3 Å². The van der Waals surface area contributed by atoms with E-state index in [1.165, 1.54) is 5.56 Å². The van der Waals surface area contributed by atoms with Crippen LogP contribution >= 0.6 is 15.9 Å². The second kappa shape index (κ2) is 6.19. The minimum Gasteiger partial charge on any atom is -0.294 e. The third kappa shape index (κ3) is 3.44. The molecule has 0 atom stereocenters. The molecule has 1 nitrogen and oxygen atoms in total. The SMILES string of the molecule is Cc1cc(C)c(C(=O)CCCCBr)c(C)c1. The molecule has 0 aliphatic heterocycles. The van der Waals surface area contributed by atoms with Gasteiger partial charge in [-0.15, -0.1) is 0 Å². The quantitative estimate of drug-likeness (QED) is 0.446. The van der Waals surface area contributed by atoms with Gasteiger partial charge in [0.1, 0.15) is 0 Å². The van der Waals surface area contributed by atoms with Crippen molar-refractivity contribution in [3.63, 3.8) is 0 Å². The number of rotatable bonds is 5. The number of hydrogen-bond donors (Lipinski definition) is 0. The molecule has 88 valence electrons. The zero-order valence-electron chi connectivity index (χ0n) is 10.3. The predicted molar refractivity (Wildman–Crippen MR) is 72.6 cm³/mol. The Labute approximate surface area is 106 Å². The van der Waals surface area contributed by atoms with Crippen molar-refractivity contribution >= 4 is 21.7 Å². The van der Waals surface area contributed by atoms with Crippen LogP contribution in [0.25, 0.3) is 0 Å². The van der Waals surface area contributed by atoms with Gasteiger partial charge in [-0.1, -0.05) is 33.6 Å². The van der Waals surface area contributed by atoms with Crippen LogP contribution in [-0.2, 0) is 0 Å². The van der Waals surface area contributed by atoms with Gasteiger partial charge in [-0.3, -0.25) is 4.79 Å². The van der Waals surface area contributed by atoms with Gasteiger partial charge in [-0.05, 0) is 44.7 Å². The standard InChI is InChI=1S/C14H19BrO/c1-10-8-11(2)14(12(3)9-10)13(16)6-4-5-7-15/h8-9H,4-7H2,1-3H3. The smallest absolute Gasteiger partial charge is 0.163 e. The van der Waals surface area contributed by atoms with E-state index < -0.39 is 0 Å². The van der Waals surface area contributed by atoms with Gasteiger partial charge in [0.25, 0.3) is 0 Å². The molecular weight excluding hydrogens is 264 g/mol.